The SMILES string of the molecule is CCOC(N(C)c1nc2ccccc2o1)C(Oc1ccc(C)cc1)(C(=O)O)c1ccccc1. The van der Waals surface area contributed by atoms with Crippen molar-refractivity contribution in [3.63, 3.8) is 0 Å². The molecule has 0 aliphatic carbocycles. The Morgan fingerprint density at radius 3 is 2.36 bits per heavy atom. The van der Waals surface area contributed by atoms with Crippen molar-refractivity contribution in [2.75, 3.05) is 18.6 Å². The van der Waals surface area contributed by atoms with Crippen molar-refractivity contribution in [3.8, 4) is 5.75 Å². The van der Waals surface area contributed by atoms with Gasteiger partial charge < -0.3 is 19.0 Å². The molecule has 1 aromatic heterocycles. The highest BCUT2D eigenvalue weighted by atomic mass is 16.6. The first-order valence-electron chi connectivity index (χ1n) is 10.7. The zero-order valence-electron chi connectivity index (χ0n) is 18.8. The van der Waals surface area contributed by atoms with Crippen molar-refractivity contribution in [3.05, 3.63) is 90.0 Å². The van der Waals surface area contributed by atoms with Gasteiger partial charge in [-0.25, -0.2) is 4.79 Å². The largest absolute Gasteiger partial charge is 0.478 e. The Morgan fingerprint density at radius 1 is 1.06 bits per heavy atom. The van der Waals surface area contributed by atoms with Gasteiger partial charge in [-0.1, -0.05) is 60.2 Å². The maximum Gasteiger partial charge on any atom is 0.357 e. The van der Waals surface area contributed by atoms with Crippen LogP contribution in [0.2, 0.25) is 0 Å². The third-order valence-electron chi connectivity index (χ3n) is 5.43. The molecule has 4 rings (SSSR count). The average molecular weight is 447 g/mol. The average Bonchev–Trinajstić information content (AvgIpc) is 3.27. The molecule has 33 heavy (non-hydrogen) atoms. The summed E-state index contributed by atoms with van der Waals surface area (Å²) in [5, 5.41) is 10.6. The number of aromatic nitrogens is 1. The standard InChI is InChI=1S/C26H26N2O5/c1-4-31-23(28(3)25-27-21-12-8-9-13-22(21)32-25)26(24(29)30,19-10-6-5-7-11-19)33-20-16-14-18(2)15-17-20/h5-17,23H,4H2,1-3H3,(H,29,30). The minimum Gasteiger partial charge on any atom is -0.478 e. The summed E-state index contributed by atoms with van der Waals surface area (Å²) in [5.74, 6) is -0.793. The fraction of sp³-hybridized carbons (Fsp3) is 0.231. The van der Waals surface area contributed by atoms with E-state index in [0.717, 1.165) is 5.56 Å². The molecule has 0 amide bonds. The molecular weight excluding hydrogens is 420 g/mol. The van der Waals surface area contributed by atoms with E-state index in [2.05, 4.69) is 4.98 Å². The summed E-state index contributed by atoms with van der Waals surface area (Å²) in [4.78, 5) is 19.1. The molecule has 7 nitrogen and oxygen atoms in total. The molecule has 0 spiro atoms. The molecule has 1 heterocycles. The highest BCUT2D eigenvalue weighted by Gasteiger charge is 2.54. The molecule has 3 aromatic carbocycles. The molecule has 0 radical (unpaired) electrons. The number of likely N-dealkylation sites (N-methyl/N-ethyl adjacent to an activating group) is 1. The summed E-state index contributed by atoms with van der Waals surface area (Å²) in [6.45, 7) is 4.00. The summed E-state index contributed by atoms with van der Waals surface area (Å²) in [7, 11) is 1.68. The maximum absolute atomic E-state index is 13.0. The molecule has 0 saturated heterocycles. The van der Waals surface area contributed by atoms with E-state index in [-0.39, 0.29) is 12.6 Å². The molecular formula is C26H26N2O5. The quantitative estimate of drug-likeness (QED) is 0.362. The van der Waals surface area contributed by atoms with Crippen LogP contribution in [0.4, 0.5) is 6.01 Å². The zero-order valence-corrected chi connectivity index (χ0v) is 18.8. The second kappa shape index (κ2) is 9.34. The summed E-state index contributed by atoms with van der Waals surface area (Å²) in [5.41, 5.74) is 0.805. The molecule has 1 N–H and O–H groups in total. The van der Waals surface area contributed by atoms with E-state index >= 15 is 0 Å². The van der Waals surface area contributed by atoms with Crippen LogP contribution in [0.1, 0.15) is 18.1 Å². The summed E-state index contributed by atoms with van der Waals surface area (Å²) in [6.07, 6.45) is -1.10. The lowest BCUT2D eigenvalue weighted by atomic mass is 9.90. The van der Waals surface area contributed by atoms with Crippen LogP contribution in [0.3, 0.4) is 0 Å². The number of fused-ring (bicyclic) bond motifs is 1. The lowest BCUT2D eigenvalue weighted by Gasteiger charge is -2.40. The first-order valence-corrected chi connectivity index (χ1v) is 10.7. The topological polar surface area (TPSA) is 85.0 Å². The van der Waals surface area contributed by atoms with Crippen LogP contribution in [-0.2, 0) is 15.1 Å². The van der Waals surface area contributed by atoms with Crippen LogP contribution in [-0.4, -0.2) is 35.9 Å². The second-order valence-corrected chi connectivity index (χ2v) is 7.70. The van der Waals surface area contributed by atoms with Gasteiger partial charge in [0.15, 0.2) is 11.8 Å². The number of benzene rings is 3. The molecule has 7 heteroatoms. The number of anilines is 1. The Hall–Kier alpha value is -3.84. The first-order chi connectivity index (χ1) is 16.0. The summed E-state index contributed by atoms with van der Waals surface area (Å²) < 4.78 is 18.3. The van der Waals surface area contributed by atoms with Crippen LogP contribution < -0.4 is 9.64 Å². The van der Waals surface area contributed by atoms with Gasteiger partial charge in [0.2, 0.25) is 0 Å². The number of carboxylic acid groups (broad SMARTS) is 1. The molecule has 4 aromatic rings. The highest BCUT2D eigenvalue weighted by molar-refractivity contribution is 5.82. The highest BCUT2D eigenvalue weighted by Crippen LogP contribution is 2.37. The zero-order chi connectivity index (χ0) is 23.4. The van der Waals surface area contributed by atoms with Gasteiger partial charge in [0.25, 0.3) is 11.6 Å². The number of para-hydroxylation sites is 2. The van der Waals surface area contributed by atoms with Gasteiger partial charge in [0.1, 0.15) is 11.3 Å². The second-order valence-electron chi connectivity index (χ2n) is 7.70. The Labute approximate surface area is 192 Å². The van der Waals surface area contributed by atoms with Crippen molar-refractivity contribution in [1.29, 1.82) is 0 Å². The third kappa shape index (κ3) is 4.27. The number of ether oxygens (including phenoxy) is 2. The van der Waals surface area contributed by atoms with Gasteiger partial charge in [-0.3, -0.25) is 4.90 Å². The molecule has 2 atom stereocenters. The Morgan fingerprint density at radius 2 is 1.73 bits per heavy atom. The molecule has 0 aliphatic rings. The van der Waals surface area contributed by atoms with E-state index < -0.39 is 17.8 Å². The van der Waals surface area contributed by atoms with Gasteiger partial charge in [0.05, 0.1) is 0 Å². The predicted molar refractivity (Wildman–Crippen MR) is 125 cm³/mol. The number of oxazole rings is 1. The van der Waals surface area contributed by atoms with E-state index in [1.807, 2.05) is 43.3 Å². The minimum atomic E-state index is -1.91. The lowest BCUT2D eigenvalue weighted by Crippen LogP contribution is -2.59. The van der Waals surface area contributed by atoms with Crippen LogP contribution >= 0.6 is 0 Å². The Balaban J connectivity index is 1.87. The number of carboxylic acids is 1. The molecule has 0 bridgehead atoms. The smallest absolute Gasteiger partial charge is 0.357 e. The van der Waals surface area contributed by atoms with E-state index in [0.29, 0.717) is 22.4 Å². The van der Waals surface area contributed by atoms with Gasteiger partial charge in [0, 0.05) is 19.2 Å². The fourth-order valence-corrected chi connectivity index (χ4v) is 3.77. The van der Waals surface area contributed by atoms with Crippen LogP contribution in [0.15, 0.2) is 83.3 Å². The van der Waals surface area contributed by atoms with E-state index in [1.54, 1.807) is 61.3 Å². The number of hydrogen-bond acceptors (Lipinski definition) is 6. The molecule has 2 unspecified atom stereocenters. The molecule has 0 saturated carbocycles. The first kappa shape index (κ1) is 22.4. The maximum atomic E-state index is 13.0. The lowest BCUT2D eigenvalue weighted by molar-refractivity contribution is -0.173. The van der Waals surface area contributed by atoms with Crippen LogP contribution in [0.25, 0.3) is 11.1 Å². The van der Waals surface area contributed by atoms with Gasteiger partial charge in [-0.2, -0.15) is 4.98 Å². The monoisotopic (exact) mass is 446 g/mol. The fourth-order valence-electron chi connectivity index (χ4n) is 3.77. The molecule has 170 valence electrons. The number of aliphatic carboxylic acids is 1. The van der Waals surface area contributed by atoms with Crippen LogP contribution in [0.5, 0.6) is 5.75 Å². The van der Waals surface area contributed by atoms with Crippen molar-refractivity contribution in [2.45, 2.75) is 25.7 Å². The predicted octanol–water partition coefficient (Wildman–Crippen LogP) is 4.99. The van der Waals surface area contributed by atoms with Crippen molar-refractivity contribution >= 4 is 23.1 Å². The molecule has 0 fully saturated rings. The number of rotatable bonds is 9. The number of hydrogen-bond donors (Lipinski definition) is 1. The van der Waals surface area contributed by atoms with Crippen molar-refractivity contribution in [1.82, 2.24) is 4.98 Å². The number of carbonyl (C=O) groups is 1. The van der Waals surface area contributed by atoms with Gasteiger partial charge >= 0.3 is 5.97 Å². The Bertz CT molecular complexity index is 1190. The Kier molecular flexibility index (Phi) is 6.33. The normalized spacial score (nSPS) is 13.9. The number of aryl methyl sites for hydroxylation is 1. The van der Waals surface area contributed by atoms with E-state index in [4.69, 9.17) is 13.9 Å². The van der Waals surface area contributed by atoms with Crippen LogP contribution in [0, 0.1) is 6.92 Å². The summed E-state index contributed by atoms with van der Waals surface area (Å²) in [6, 6.07) is 23.6. The number of nitrogens with zero attached hydrogens (tertiary/aromatic N) is 2. The summed E-state index contributed by atoms with van der Waals surface area (Å²) >= 11 is 0. The van der Waals surface area contributed by atoms with E-state index in [9.17, 15) is 9.90 Å². The third-order valence-corrected chi connectivity index (χ3v) is 5.43. The van der Waals surface area contributed by atoms with Gasteiger partial charge in [-0.15, -0.1) is 0 Å². The molecule has 0 aliphatic heterocycles. The van der Waals surface area contributed by atoms with Crippen molar-refractivity contribution in [2.24, 2.45) is 0 Å². The van der Waals surface area contributed by atoms with Gasteiger partial charge in [-0.05, 0) is 38.1 Å². The minimum absolute atomic E-state index is 0.226. The van der Waals surface area contributed by atoms with Crippen molar-refractivity contribution < 1.29 is 23.8 Å². The van der Waals surface area contributed by atoms with E-state index in [1.165, 1.54) is 0 Å².